The third-order valence-electron chi connectivity index (χ3n) is 5.26. The fourth-order valence-electron chi connectivity index (χ4n) is 3.88. The van der Waals surface area contributed by atoms with Gasteiger partial charge in [-0.15, -0.1) is 0 Å². The quantitative estimate of drug-likeness (QED) is 0.873. The Morgan fingerprint density at radius 2 is 1.74 bits per heavy atom. The van der Waals surface area contributed by atoms with Gasteiger partial charge in [-0.05, 0) is 54.2 Å². The van der Waals surface area contributed by atoms with Crippen molar-refractivity contribution in [2.75, 3.05) is 0 Å². The normalized spacial score (nSPS) is 20.8. The van der Waals surface area contributed by atoms with Crippen LogP contribution in [0.2, 0.25) is 0 Å². The number of benzene rings is 2. The predicted molar refractivity (Wildman–Crippen MR) is 92.2 cm³/mol. The fraction of sp³-hybridized carbons (Fsp3) is 0.381. The highest BCUT2D eigenvalue weighted by Crippen LogP contribution is 2.41. The topological polar surface area (TPSA) is 29.1 Å². The molecule has 2 aromatic rings. The Labute approximate surface area is 137 Å². The number of nitrogens with one attached hydrogen (secondary N) is 1. The van der Waals surface area contributed by atoms with Crippen LogP contribution in [0, 0.1) is 5.92 Å². The second-order valence-corrected chi connectivity index (χ2v) is 6.93. The SMILES string of the molecule is O=C(CC1CCc2ccccc21)NC(c1ccccc1)C1CC1. The van der Waals surface area contributed by atoms with Gasteiger partial charge in [0.25, 0.3) is 0 Å². The van der Waals surface area contributed by atoms with Crippen LogP contribution in [-0.2, 0) is 11.2 Å². The van der Waals surface area contributed by atoms with Crippen molar-refractivity contribution in [1.29, 1.82) is 0 Å². The second-order valence-electron chi connectivity index (χ2n) is 6.93. The number of rotatable bonds is 5. The maximum atomic E-state index is 12.6. The van der Waals surface area contributed by atoms with E-state index in [1.165, 1.54) is 29.5 Å². The van der Waals surface area contributed by atoms with Crippen LogP contribution in [0.4, 0.5) is 0 Å². The maximum Gasteiger partial charge on any atom is 0.221 e. The van der Waals surface area contributed by atoms with Crippen LogP contribution in [0.25, 0.3) is 0 Å². The Morgan fingerprint density at radius 3 is 2.52 bits per heavy atom. The molecule has 0 saturated heterocycles. The largest absolute Gasteiger partial charge is 0.349 e. The van der Waals surface area contributed by atoms with E-state index in [-0.39, 0.29) is 11.9 Å². The molecule has 0 heterocycles. The minimum atomic E-state index is 0.195. The number of aryl methyl sites for hydroxylation is 1. The molecule has 2 aliphatic carbocycles. The third kappa shape index (κ3) is 3.17. The summed E-state index contributed by atoms with van der Waals surface area (Å²) in [4.78, 5) is 12.6. The van der Waals surface area contributed by atoms with E-state index in [9.17, 15) is 4.79 Å². The summed E-state index contributed by atoms with van der Waals surface area (Å²) in [6, 6.07) is 19.2. The van der Waals surface area contributed by atoms with E-state index in [2.05, 4.69) is 53.8 Å². The van der Waals surface area contributed by atoms with E-state index < -0.39 is 0 Å². The summed E-state index contributed by atoms with van der Waals surface area (Å²) in [6.45, 7) is 0. The average Bonchev–Trinajstić information content (AvgIpc) is 3.36. The van der Waals surface area contributed by atoms with E-state index in [1.54, 1.807) is 0 Å². The van der Waals surface area contributed by atoms with Gasteiger partial charge in [0.1, 0.15) is 0 Å². The van der Waals surface area contributed by atoms with E-state index in [1.807, 2.05) is 6.07 Å². The van der Waals surface area contributed by atoms with Gasteiger partial charge in [-0.1, -0.05) is 54.6 Å². The summed E-state index contributed by atoms with van der Waals surface area (Å²) < 4.78 is 0. The molecule has 2 aromatic carbocycles. The van der Waals surface area contributed by atoms with E-state index in [4.69, 9.17) is 0 Å². The third-order valence-corrected chi connectivity index (χ3v) is 5.26. The summed E-state index contributed by atoms with van der Waals surface area (Å²) in [5, 5.41) is 3.31. The van der Waals surface area contributed by atoms with Gasteiger partial charge >= 0.3 is 0 Å². The molecule has 0 radical (unpaired) electrons. The van der Waals surface area contributed by atoms with Crippen molar-refractivity contribution in [1.82, 2.24) is 5.32 Å². The highest BCUT2D eigenvalue weighted by Gasteiger charge is 2.34. The lowest BCUT2D eigenvalue weighted by atomic mass is 9.96. The Kier molecular flexibility index (Phi) is 3.90. The minimum absolute atomic E-state index is 0.195. The van der Waals surface area contributed by atoms with Crippen molar-refractivity contribution in [3.63, 3.8) is 0 Å². The molecule has 4 rings (SSSR count). The molecule has 118 valence electrons. The highest BCUT2D eigenvalue weighted by molar-refractivity contribution is 5.77. The predicted octanol–water partition coefficient (Wildman–Crippen LogP) is 4.37. The van der Waals surface area contributed by atoms with Crippen LogP contribution < -0.4 is 5.32 Å². The lowest BCUT2D eigenvalue weighted by molar-refractivity contribution is -0.122. The molecule has 23 heavy (non-hydrogen) atoms. The first-order chi connectivity index (χ1) is 11.3. The zero-order valence-electron chi connectivity index (χ0n) is 13.4. The van der Waals surface area contributed by atoms with Gasteiger partial charge in [-0.2, -0.15) is 0 Å². The standard InChI is InChI=1S/C21H23NO/c23-20(14-18-13-10-15-6-4-5-9-19(15)18)22-21(17-11-12-17)16-7-2-1-3-8-16/h1-9,17-18,21H,10-14H2,(H,22,23). The number of carbonyl (C=O) groups excluding carboxylic acids is 1. The smallest absolute Gasteiger partial charge is 0.221 e. The molecule has 1 fully saturated rings. The van der Waals surface area contributed by atoms with E-state index in [0.717, 1.165) is 12.8 Å². The molecule has 1 amide bonds. The van der Waals surface area contributed by atoms with Gasteiger partial charge in [-0.25, -0.2) is 0 Å². The summed E-state index contributed by atoms with van der Waals surface area (Å²) in [6.07, 6.45) is 5.29. The van der Waals surface area contributed by atoms with Gasteiger partial charge in [0.05, 0.1) is 6.04 Å². The van der Waals surface area contributed by atoms with Crippen molar-refractivity contribution in [3.05, 3.63) is 71.3 Å². The fourth-order valence-corrected chi connectivity index (χ4v) is 3.88. The van der Waals surface area contributed by atoms with Gasteiger partial charge in [0.15, 0.2) is 0 Å². The molecule has 0 bridgehead atoms. The van der Waals surface area contributed by atoms with Crippen LogP contribution in [0.15, 0.2) is 54.6 Å². The van der Waals surface area contributed by atoms with Crippen LogP contribution >= 0.6 is 0 Å². The zero-order chi connectivity index (χ0) is 15.6. The Balaban J connectivity index is 1.43. The van der Waals surface area contributed by atoms with Crippen molar-refractivity contribution in [3.8, 4) is 0 Å². The first-order valence-corrected chi connectivity index (χ1v) is 8.73. The van der Waals surface area contributed by atoms with Crippen molar-refractivity contribution in [2.45, 2.75) is 44.1 Å². The number of carbonyl (C=O) groups is 1. The number of hydrogen-bond donors (Lipinski definition) is 1. The summed E-state index contributed by atoms with van der Waals surface area (Å²) in [5.74, 6) is 1.21. The Morgan fingerprint density at radius 1 is 1.00 bits per heavy atom. The Bertz CT molecular complexity index is 690. The first kappa shape index (κ1) is 14.5. The van der Waals surface area contributed by atoms with Gasteiger partial charge in [-0.3, -0.25) is 4.79 Å². The summed E-state index contributed by atoms with van der Waals surface area (Å²) >= 11 is 0. The molecule has 0 spiro atoms. The number of amides is 1. The molecule has 1 N–H and O–H groups in total. The first-order valence-electron chi connectivity index (χ1n) is 8.73. The minimum Gasteiger partial charge on any atom is -0.349 e. The maximum absolute atomic E-state index is 12.6. The molecular formula is C21H23NO. The second kappa shape index (κ2) is 6.19. The molecule has 2 aliphatic rings. The van der Waals surface area contributed by atoms with Crippen LogP contribution in [0.5, 0.6) is 0 Å². The summed E-state index contributed by atoms with van der Waals surface area (Å²) in [5.41, 5.74) is 4.05. The average molecular weight is 305 g/mol. The van der Waals surface area contributed by atoms with Crippen LogP contribution in [0.3, 0.4) is 0 Å². The van der Waals surface area contributed by atoms with Gasteiger partial charge in [0, 0.05) is 6.42 Å². The summed E-state index contributed by atoms with van der Waals surface area (Å²) in [7, 11) is 0. The number of hydrogen-bond acceptors (Lipinski definition) is 1. The molecule has 2 heteroatoms. The van der Waals surface area contributed by atoms with Gasteiger partial charge in [0.2, 0.25) is 5.91 Å². The van der Waals surface area contributed by atoms with Gasteiger partial charge < -0.3 is 5.32 Å². The highest BCUT2D eigenvalue weighted by atomic mass is 16.1. The van der Waals surface area contributed by atoms with E-state index in [0.29, 0.717) is 18.3 Å². The lowest BCUT2D eigenvalue weighted by Crippen LogP contribution is -2.30. The Hall–Kier alpha value is -2.09. The van der Waals surface area contributed by atoms with Crippen molar-refractivity contribution < 1.29 is 4.79 Å². The number of fused-ring (bicyclic) bond motifs is 1. The molecule has 0 aromatic heterocycles. The molecule has 2 unspecified atom stereocenters. The van der Waals surface area contributed by atoms with Crippen molar-refractivity contribution >= 4 is 5.91 Å². The van der Waals surface area contributed by atoms with Crippen LogP contribution in [-0.4, -0.2) is 5.91 Å². The molecule has 2 atom stereocenters. The molecular weight excluding hydrogens is 282 g/mol. The monoisotopic (exact) mass is 305 g/mol. The molecule has 0 aliphatic heterocycles. The molecule has 2 nitrogen and oxygen atoms in total. The lowest BCUT2D eigenvalue weighted by Gasteiger charge is -2.20. The van der Waals surface area contributed by atoms with Crippen molar-refractivity contribution in [2.24, 2.45) is 5.92 Å². The zero-order valence-corrected chi connectivity index (χ0v) is 13.4. The van der Waals surface area contributed by atoms with Crippen LogP contribution in [0.1, 0.15) is 54.3 Å². The van der Waals surface area contributed by atoms with E-state index >= 15 is 0 Å². The molecule has 1 saturated carbocycles.